The SMILES string of the molecule is CCOC(=O)N1CCN(C(=O)[C@@H](C)NC(=O)c2ccccc2Cl)CC1. The first-order chi connectivity index (χ1) is 11.9. The quantitative estimate of drug-likeness (QED) is 0.879. The Morgan fingerprint density at radius 1 is 1.16 bits per heavy atom. The van der Waals surface area contributed by atoms with Crippen LogP contribution in [0.3, 0.4) is 0 Å². The van der Waals surface area contributed by atoms with E-state index in [0.29, 0.717) is 43.4 Å². The second-order valence-corrected chi connectivity index (χ2v) is 6.09. The molecule has 1 fully saturated rings. The average molecular weight is 368 g/mol. The zero-order valence-electron chi connectivity index (χ0n) is 14.3. The number of halogens is 1. The summed E-state index contributed by atoms with van der Waals surface area (Å²) in [6.07, 6.45) is -0.366. The molecule has 25 heavy (non-hydrogen) atoms. The van der Waals surface area contributed by atoms with Crippen LogP contribution in [0.1, 0.15) is 24.2 Å². The van der Waals surface area contributed by atoms with Crippen LogP contribution in [0.4, 0.5) is 4.79 Å². The molecule has 2 rings (SSSR count). The summed E-state index contributed by atoms with van der Waals surface area (Å²) in [5.74, 6) is -0.583. The molecule has 0 saturated carbocycles. The minimum Gasteiger partial charge on any atom is -0.450 e. The van der Waals surface area contributed by atoms with E-state index in [4.69, 9.17) is 16.3 Å². The molecule has 8 heteroatoms. The first-order valence-corrected chi connectivity index (χ1v) is 8.57. The highest BCUT2D eigenvalue weighted by molar-refractivity contribution is 6.33. The maximum atomic E-state index is 12.5. The van der Waals surface area contributed by atoms with Gasteiger partial charge in [-0.3, -0.25) is 9.59 Å². The molecule has 1 aliphatic rings. The number of ether oxygens (including phenoxy) is 1. The predicted octanol–water partition coefficient (Wildman–Crippen LogP) is 1.76. The van der Waals surface area contributed by atoms with Crippen molar-refractivity contribution < 1.29 is 19.1 Å². The monoisotopic (exact) mass is 367 g/mol. The lowest BCUT2D eigenvalue weighted by molar-refractivity contribution is -0.134. The molecule has 0 aromatic heterocycles. The molecule has 1 aliphatic heterocycles. The third kappa shape index (κ3) is 4.85. The predicted molar refractivity (Wildman–Crippen MR) is 93.6 cm³/mol. The van der Waals surface area contributed by atoms with Crippen molar-refractivity contribution in [3.05, 3.63) is 34.9 Å². The Labute approximate surface area is 151 Å². The molecule has 1 heterocycles. The van der Waals surface area contributed by atoms with Crippen molar-refractivity contribution in [1.82, 2.24) is 15.1 Å². The van der Waals surface area contributed by atoms with Gasteiger partial charge in [-0.2, -0.15) is 0 Å². The van der Waals surface area contributed by atoms with E-state index in [9.17, 15) is 14.4 Å². The lowest BCUT2D eigenvalue weighted by Gasteiger charge is -2.35. The Balaban J connectivity index is 1.88. The lowest BCUT2D eigenvalue weighted by Crippen LogP contribution is -2.55. The van der Waals surface area contributed by atoms with Gasteiger partial charge in [-0.05, 0) is 26.0 Å². The van der Waals surface area contributed by atoms with Gasteiger partial charge in [-0.15, -0.1) is 0 Å². The largest absolute Gasteiger partial charge is 0.450 e. The molecule has 136 valence electrons. The topological polar surface area (TPSA) is 79.0 Å². The lowest BCUT2D eigenvalue weighted by atomic mass is 10.2. The van der Waals surface area contributed by atoms with Gasteiger partial charge in [0, 0.05) is 26.2 Å². The first kappa shape index (κ1) is 19.1. The molecule has 1 atom stereocenters. The van der Waals surface area contributed by atoms with Gasteiger partial charge in [0.2, 0.25) is 5.91 Å². The Kier molecular flexibility index (Phi) is 6.64. The van der Waals surface area contributed by atoms with Gasteiger partial charge < -0.3 is 19.9 Å². The summed E-state index contributed by atoms with van der Waals surface area (Å²) in [5, 5.41) is 3.00. The Hall–Kier alpha value is -2.28. The summed E-state index contributed by atoms with van der Waals surface area (Å²) >= 11 is 6.00. The Morgan fingerprint density at radius 3 is 2.36 bits per heavy atom. The van der Waals surface area contributed by atoms with Crippen LogP contribution in [0.15, 0.2) is 24.3 Å². The van der Waals surface area contributed by atoms with Crippen molar-refractivity contribution in [2.75, 3.05) is 32.8 Å². The molecule has 0 spiro atoms. The second-order valence-electron chi connectivity index (χ2n) is 5.69. The molecule has 0 unspecified atom stereocenters. The number of carbonyl (C=O) groups excluding carboxylic acids is 3. The number of amides is 3. The van der Waals surface area contributed by atoms with E-state index < -0.39 is 11.9 Å². The number of carbonyl (C=O) groups is 3. The highest BCUT2D eigenvalue weighted by Gasteiger charge is 2.28. The standard InChI is InChI=1S/C17H22ClN3O4/c1-3-25-17(24)21-10-8-20(9-11-21)16(23)12(2)19-15(22)13-6-4-5-7-14(13)18/h4-7,12H,3,8-11H2,1-2H3,(H,19,22)/t12-/m1/s1. The molecular formula is C17H22ClN3O4. The van der Waals surface area contributed by atoms with Crippen LogP contribution in [-0.2, 0) is 9.53 Å². The van der Waals surface area contributed by atoms with Crippen molar-refractivity contribution in [2.45, 2.75) is 19.9 Å². The second kappa shape index (κ2) is 8.71. The maximum Gasteiger partial charge on any atom is 0.409 e. The van der Waals surface area contributed by atoms with Crippen LogP contribution in [0.2, 0.25) is 5.02 Å². The molecule has 1 aromatic rings. The summed E-state index contributed by atoms with van der Waals surface area (Å²) in [5.41, 5.74) is 0.330. The number of rotatable bonds is 4. The molecule has 0 bridgehead atoms. The van der Waals surface area contributed by atoms with Crippen LogP contribution < -0.4 is 5.32 Å². The van der Waals surface area contributed by atoms with Crippen LogP contribution in [-0.4, -0.2) is 66.5 Å². The van der Waals surface area contributed by atoms with Gasteiger partial charge >= 0.3 is 6.09 Å². The van der Waals surface area contributed by atoms with Crippen molar-refractivity contribution in [1.29, 1.82) is 0 Å². The summed E-state index contributed by atoms with van der Waals surface area (Å²) in [4.78, 5) is 39.6. The van der Waals surface area contributed by atoms with E-state index in [1.807, 2.05) is 0 Å². The van der Waals surface area contributed by atoms with Crippen molar-refractivity contribution in [2.24, 2.45) is 0 Å². The number of nitrogens with one attached hydrogen (secondary N) is 1. The summed E-state index contributed by atoms with van der Waals surface area (Å²) in [7, 11) is 0. The highest BCUT2D eigenvalue weighted by atomic mass is 35.5. The number of nitrogens with zero attached hydrogens (tertiary/aromatic N) is 2. The van der Waals surface area contributed by atoms with Crippen LogP contribution in [0.25, 0.3) is 0 Å². The fourth-order valence-corrected chi connectivity index (χ4v) is 2.80. The van der Waals surface area contributed by atoms with Gasteiger partial charge in [0.1, 0.15) is 6.04 Å². The molecule has 0 aliphatic carbocycles. The van der Waals surface area contributed by atoms with Gasteiger partial charge in [-0.1, -0.05) is 23.7 Å². The molecule has 1 N–H and O–H groups in total. The number of hydrogen-bond acceptors (Lipinski definition) is 4. The van der Waals surface area contributed by atoms with Crippen molar-refractivity contribution in [3.63, 3.8) is 0 Å². The zero-order chi connectivity index (χ0) is 18.4. The van der Waals surface area contributed by atoms with Crippen LogP contribution in [0, 0.1) is 0 Å². The van der Waals surface area contributed by atoms with Crippen molar-refractivity contribution in [3.8, 4) is 0 Å². The fourth-order valence-electron chi connectivity index (χ4n) is 2.58. The maximum absolute atomic E-state index is 12.5. The molecule has 1 saturated heterocycles. The number of piperazine rings is 1. The van der Waals surface area contributed by atoms with E-state index in [0.717, 1.165) is 0 Å². The first-order valence-electron chi connectivity index (χ1n) is 8.20. The minimum atomic E-state index is -0.682. The average Bonchev–Trinajstić information content (AvgIpc) is 2.61. The molecule has 0 radical (unpaired) electrons. The van der Waals surface area contributed by atoms with Crippen LogP contribution >= 0.6 is 11.6 Å². The van der Waals surface area contributed by atoms with E-state index in [-0.39, 0.29) is 12.0 Å². The molecule has 1 aromatic carbocycles. The van der Waals surface area contributed by atoms with E-state index in [1.54, 1.807) is 47.9 Å². The van der Waals surface area contributed by atoms with E-state index in [1.165, 1.54) is 0 Å². The third-order valence-corrected chi connectivity index (χ3v) is 4.28. The minimum absolute atomic E-state index is 0.191. The zero-order valence-corrected chi connectivity index (χ0v) is 15.1. The molecule has 7 nitrogen and oxygen atoms in total. The molecular weight excluding hydrogens is 346 g/mol. The number of benzene rings is 1. The smallest absolute Gasteiger partial charge is 0.409 e. The van der Waals surface area contributed by atoms with Crippen molar-refractivity contribution >= 4 is 29.5 Å². The normalized spacial score (nSPS) is 15.5. The Bertz CT molecular complexity index is 645. The molecule has 3 amide bonds. The van der Waals surface area contributed by atoms with E-state index >= 15 is 0 Å². The van der Waals surface area contributed by atoms with Gasteiger partial charge in [0.15, 0.2) is 0 Å². The van der Waals surface area contributed by atoms with E-state index in [2.05, 4.69) is 5.32 Å². The summed E-state index contributed by atoms with van der Waals surface area (Å²) < 4.78 is 4.95. The number of hydrogen-bond donors (Lipinski definition) is 1. The Morgan fingerprint density at radius 2 is 1.76 bits per heavy atom. The third-order valence-electron chi connectivity index (χ3n) is 3.95. The van der Waals surface area contributed by atoms with Gasteiger partial charge in [0.05, 0.1) is 17.2 Å². The van der Waals surface area contributed by atoms with Gasteiger partial charge in [-0.25, -0.2) is 4.79 Å². The van der Waals surface area contributed by atoms with Gasteiger partial charge in [0.25, 0.3) is 5.91 Å². The summed E-state index contributed by atoms with van der Waals surface area (Å²) in [6.45, 7) is 5.35. The fraction of sp³-hybridized carbons (Fsp3) is 0.471. The summed E-state index contributed by atoms with van der Waals surface area (Å²) in [6, 6.07) is 5.99. The van der Waals surface area contributed by atoms with Crippen LogP contribution in [0.5, 0.6) is 0 Å². The highest BCUT2D eigenvalue weighted by Crippen LogP contribution is 2.15.